The summed E-state index contributed by atoms with van der Waals surface area (Å²) in [4.78, 5) is 40.4. The summed E-state index contributed by atoms with van der Waals surface area (Å²) in [5.41, 5.74) is 2.28. The molecule has 3 N–H and O–H groups in total. The van der Waals surface area contributed by atoms with Crippen molar-refractivity contribution in [2.45, 2.75) is 19.5 Å². The molecular formula is C22H22N4O4. The van der Waals surface area contributed by atoms with Crippen LogP contribution in [0.2, 0.25) is 0 Å². The van der Waals surface area contributed by atoms with Gasteiger partial charge in [-0.1, -0.05) is 30.3 Å². The van der Waals surface area contributed by atoms with Gasteiger partial charge in [-0.2, -0.15) is 0 Å². The Hall–Kier alpha value is -3.81. The molecule has 2 aromatic carbocycles. The number of aromatic amines is 1. The van der Waals surface area contributed by atoms with Crippen LogP contribution < -0.4 is 21.1 Å². The van der Waals surface area contributed by atoms with Crippen molar-refractivity contribution >= 4 is 28.6 Å². The fraction of sp³-hybridized carbons (Fsp3) is 0.227. The number of urea groups is 1. The minimum atomic E-state index is -0.362. The maximum atomic E-state index is 12.4. The Morgan fingerprint density at radius 2 is 1.97 bits per heavy atom. The number of fused-ring (bicyclic) bond motifs is 1. The van der Waals surface area contributed by atoms with Crippen LogP contribution in [0, 0.1) is 0 Å². The molecule has 1 aliphatic rings. The Morgan fingerprint density at radius 3 is 2.73 bits per heavy atom. The van der Waals surface area contributed by atoms with Gasteiger partial charge in [0.05, 0.1) is 12.6 Å². The lowest BCUT2D eigenvalue weighted by Gasteiger charge is -2.18. The Balaban J connectivity index is 1.41. The van der Waals surface area contributed by atoms with Crippen molar-refractivity contribution in [1.82, 2.24) is 15.6 Å². The molecule has 2 heterocycles. The Kier molecular flexibility index (Phi) is 5.38. The number of hydrogen-bond donors (Lipinski definition) is 3. The van der Waals surface area contributed by atoms with Crippen LogP contribution in [0.4, 0.5) is 15.3 Å². The predicted molar refractivity (Wildman–Crippen MR) is 113 cm³/mol. The van der Waals surface area contributed by atoms with Crippen molar-refractivity contribution in [3.8, 4) is 0 Å². The molecule has 1 fully saturated rings. The average molecular weight is 406 g/mol. The molecule has 0 spiro atoms. The normalized spacial score (nSPS) is 14.4. The summed E-state index contributed by atoms with van der Waals surface area (Å²) in [7, 11) is 0. The zero-order valence-electron chi connectivity index (χ0n) is 16.5. The van der Waals surface area contributed by atoms with Gasteiger partial charge in [0, 0.05) is 23.8 Å². The van der Waals surface area contributed by atoms with Crippen molar-refractivity contribution < 1.29 is 14.3 Å². The first-order valence-corrected chi connectivity index (χ1v) is 9.71. The van der Waals surface area contributed by atoms with Crippen LogP contribution in [-0.2, 0) is 11.3 Å². The molecule has 154 valence electrons. The molecule has 1 saturated heterocycles. The summed E-state index contributed by atoms with van der Waals surface area (Å²) in [6.07, 6.45) is 1.26. The molecular weight excluding hydrogens is 384 g/mol. The van der Waals surface area contributed by atoms with E-state index < -0.39 is 0 Å². The van der Waals surface area contributed by atoms with E-state index in [9.17, 15) is 14.4 Å². The number of amides is 3. The minimum Gasteiger partial charge on any atom is -0.447 e. The van der Waals surface area contributed by atoms with E-state index in [0.29, 0.717) is 18.5 Å². The summed E-state index contributed by atoms with van der Waals surface area (Å²) >= 11 is 0. The molecule has 30 heavy (non-hydrogen) atoms. The average Bonchev–Trinajstić information content (AvgIpc) is 3.19. The van der Waals surface area contributed by atoms with Gasteiger partial charge in [0.25, 0.3) is 5.56 Å². The summed E-state index contributed by atoms with van der Waals surface area (Å²) in [6.45, 7) is 3.03. The number of ether oxygens (including phenoxy) is 1. The molecule has 8 nitrogen and oxygen atoms in total. The lowest BCUT2D eigenvalue weighted by Crippen LogP contribution is -2.36. The molecule has 0 bridgehead atoms. The number of carbonyl (C=O) groups excluding carboxylic acids is 2. The van der Waals surface area contributed by atoms with Crippen molar-refractivity contribution in [3.63, 3.8) is 0 Å². The van der Waals surface area contributed by atoms with E-state index in [-0.39, 0.29) is 30.3 Å². The number of anilines is 1. The molecule has 1 aliphatic heterocycles. The molecule has 0 aliphatic carbocycles. The summed E-state index contributed by atoms with van der Waals surface area (Å²) < 4.78 is 4.98. The van der Waals surface area contributed by atoms with Crippen LogP contribution in [0.1, 0.15) is 24.1 Å². The molecule has 0 saturated carbocycles. The van der Waals surface area contributed by atoms with Gasteiger partial charge in [0.1, 0.15) is 6.61 Å². The molecule has 3 aromatic rings. The fourth-order valence-electron chi connectivity index (χ4n) is 3.51. The lowest BCUT2D eigenvalue weighted by molar-refractivity contribution is 0.181. The summed E-state index contributed by atoms with van der Waals surface area (Å²) in [6, 6.07) is 14.1. The maximum absolute atomic E-state index is 12.4. The Labute approximate surface area is 172 Å². The minimum absolute atomic E-state index is 0.158. The monoisotopic (exact) mass is 406 g/mol. The van der Waals surface area contributed by atoms with E-state index in [1.807, 2.05) is 43.3 Å². The second kappa shape index (κ2) is 8.28. The number of aromatic nitrogens is 1. The van der Waals surface area contributed by atoms with Gasteiger partial charge in [-0.05, 0) is 41.6 Å². The van der Waals surface area contributed by atoms with Gasteiger partial charge in [-0.3, -0.25) is 9.69 Å². The van der Waals surface area contributed by atoms with E-state index in [2.05, 4.69) is 15.6 Å². The van der Waals surface area contributed by atoms with Gasteiger partial charge >= 0.3 is 12.1 Å². The number of carbonyl (C=O) groups is 2. The topological polar surface area (TPSA) is 104 Å². The first kappa shape index (κ1) is 19.5. The summed E-state index contributed by atoms with van der Waals surface area (Å²) in [5, 5.41) is 7.12. The number of hydrogen-bond acceptors (Lipinski definition) is 4. The van der Waals surface area contributed by atoms with Crippen LogP contribution >= 0.6 is 0 Å². The summed E-state index contributed by atoms with van der Waals surface area (Å²) in [5.74, 6) is 0. The van der Waals surface area contributed by atoms with Crippen LogP contribution in [0.25, 0.3) is 10.8 Å². The number of pyridine rings is 1. The number of benzene rings is 2. The quantitative estimate of drug-likeness (QED) is 0.606. The first-order valence-electron chi connectivity index (χ1n) is 9.71. The molecule has 8 heteroatoms. The third-order valence-electron chi connectivity index (χ3n) is 5.12. The van der Waals surface area contributed by atoms with E-state index in [4.69, 9.17) is 4.74 Å². The molecule has 3 amide bonds. The van der Waals surface area contributed by atoms with Gasteiger partial charge in [-0.15, -0.1) is 0 Å². The van der Waals surface area contributed by atoms with E-state index in [1.54, 1.807) is 23.2 Å². The SMILES string of the molecule is CC(NC(=O)NCc1c[nH]c(=O)c2ccccc12)c1cccc(N2CCOC2=O)c1. The zero-order chi connectivity index (χ0) is 21.1. The molecule has 1 aromatic heterocycles. The van der Waals surface area contributed by atoms with E-state index in [0.717, 1.165) is 22.2 Å². The van der Waals surface area contributed by atoms with Crippen molar-refractivity contribution in [3.05, 3.63) is 76.2 Å². The van der Waals surface area contributed by atoms with Gasteiger partial charge in [-0.25, -0.2) is 9.59 Å². The second-order valence-corrected chi connectivity index (χ2v) is 7.10. The van der Waals surface area contributed by atoms with Crippen LogP contribution in [-0.4, -0.2) is 30.3 Å². The Bertz CT molecular complexity index is 1160. The highest BCUT2D eigenvalue weighted by Crippen LogP contribution is 2.23. The Morgan fingerprint density at radius 1 is 1.17 bits per heavy atom. The standard InChI is InChI=1S/C22H22N4O4/c1-14(15-5-4-6-17(11-15)26-9-10-30-22(26)29)25-21(28)24-13-16-12-23-20(27)19-8-3-2-7-18(16)19/h2-8,11-12,14H,9-10,13H2,1H3,(H,23,27)(H2,24,25,28). The highest BCUT2D eigenvalue weighted by Gasteiger charge is 2.24. The van der Waals surface area contributed by atoms with Gasteiger partial charge < -0.3 is 20.4 Å². The lowest BCUT2D eigenvalue weighted by atomic mass is 10.1. The number of H-pyrrole nitrogens is 1. The van der Waals surface area contributed by atoms with Crippen LogP contribution in [0.15, 0.2) is 59.5 Å². The van der Waals surface area contributed by atoms with Crippen molar-refractivity contribution in [2.24, 2.45) is 0 Å². The first-order chi connectivity index (χ1) is 14.5. The highest BCUT2D eigenvalue weighted by atomic mass is 16.6. The third kappa shape index (κ3) is 3.98. The van der Waals surface area contributed by atoms with E-state index in [1.165, 1.54) is 0 Å². The maximum Gasteiger partial charge on any atom is 0.414 e. The van der Waals surface area contributed by atoms with E-state index >= 15 is 0 Å². The number of rotatable bonds is 5. The second-order valence-electron chi connectivity index (χ2n) is 7.10. The largest absolute Gasteiger partial charge is 0.447 e. The van der Waals surface area contributed by atoms with Gasteiger partial charge in [0.15, 0.2) is 0 Å². The molecule has 4 rings (SSSR count). The van der Waals surface area contributed by atoms with Crippen molar-refractivity contribution in [2.75, 3.05) is 18.1 Å². The third-order valence-corrected chi connectivity index (χ3v) is 5.12. The fourth-order valence-corrected chi connectivity index (χ4v) is 3.51. The number of nitrogens with zero attached hydrogens (tertiary/aromatic N) is 1. The van der Waals surface area contributed by atoms with Crippen LogP contribution in [0.3, 0.4) is 0 Å². The van der Waals surface area contributed by atoms with Crippen LogP contribution in [0.5, 0.6) is 0 Å². The molecule has 1 atom stereocenters. The number of nitrogens with one attached hydrogen (secondary N) is 3. The predicted octanol–water partition coefficient (Wildman–Crippen LogP) is 3.05. The van der Waals surface area contributed by atoms with Gasteiger partial charge in [0.2, 0.25) is 0 Å². The van der Waals surface area contributed by atoms with Crippen molar-refractivity contribution in [1.29, 1.82) is 0 Å². The molecule has 0 radical (unpaired) electrons. The number of cyclic esters (lactones) is 1. The zero-order valence-corrected chi connectivity index (χ0v) is 16.5. The molecule has 1 unspecified atom stereocenters. The smallest absolute Gasteiger partial charge is 0.414 e. The highest BCUT2D eigenvalue weighted by molar-refractivity contribution is 5.89.